The molecule has 1 nitrogen and oxygen atoms in total. The van der Waals surface area contributed by atoms with Crippen LogP contribution in [0.15, 0.2) is 12.1 Å². The van der Waals surface area contributed by atoms with Crippen molar-refractivity contribution >= 4 is 22.9 Å². The van der Waals surface area contributed by atoms with E-state index in [-0.39, 0.29) is 0 Å². The SMILES string of the molecule is CC(C)CNCCCCc1ccc(Cl)s1. The fraction of sp³-hybridized carbons (Fsp3) is 0.667. The molecule has 1 N–H and O–H groups in total. The Hall–Kier alpha value is -0.0500. The Morgan fingerprint density at radius 3 is 2.73 bits per heavy atom. The Labute approximate surface area is 102 Å². The molecule has 0 saturated carbocycles. The van der Waals surface area contributed by atoms with Crippen LogP contribution in [0.25, 0.3) is 0 Å². The Balaban J connectivity index is 1.98. The fourth-order valence-corrected chi connectivity index (χ4v) is 2.56. The molecule has 1 heterocycles. The van der Waals surface area contributed by atoms with Crippen LogP contribution in [0.1, 0.15) is 31.6 Å². The summed E-state index contributed by atoms with van der Waals surface area (Å²) >= 11 is 7.57. The van der Waals surface area contributed by atoms with Crippen LogP contribution in [-0.2, 0) is 6.42 Å². The summed E-state index contributed by atoms with van der Waals surface area (Å²) < 4.78 is 0.905. The third kappa shape index (κ3) is 6.18. The highest BCUT2D eigenvalue weighted by atomic mass is 35.5. The highest BCUT2D eigenvalue weighted by Crippen LogP contribution is 2.22. The van der Waals surface area contributed by atoms with Crippen molar-refractivity contribution in [1.82, 2.24) is 5.32 Å². The third-order valence-corrected chi connectivity index (χ3v) is 3.50. The summed E-state index contributed by atoms with van der Waals surface area (Å²) in [6, 6.07) is 4.12. The van der Waals surface area contributed by atoms with Gasteiger partial charge in [-0.3, -0.25) is 0 Å². The quantitative estimate of drug-likeness (QED) is 0.717. The zero-order valence-corrected chi connectivity index (χ0v) is 11.1. The lowest BCUT2D eigenvalue weighted by Crippen LogP contribution is -2.20. The minimum atomic E-state index is 0.751. The van der Waals surface area contributed by atoms with Crippen molar-refractivity contribution in [2.45, 2.75) is 33.1 Å². The van der Waals surface area contributed by atoms with Gasteiger partial charge in [-0.1, -0.05) is 25.4 Å². The number of hydrogen-bond acceptors (Lipinski definition) is 2. The number of thiophene rings is 1. The molecular weight excluding hydrogens is 226 g/mol. The van der Waals surface area contributed by atoms with E-state index in [0.717, 1.165) is 23.3 Å². The van der Waals surface area contributed by atoms with Crippen LogP contribution in [0.4, 0.5) is 0 Å². The van der Waals surface area contributed by atoms with Crippen molar-refractivity contribution in [2.75, 3.05) is 13.1 Å². The first-order chi connectivity index (χ1) is 7.18. The molecule has 0 amide bonds. The lowest BCUT2D eigenvalue weighted by atomic mass is 10.2. The molecule has 0 aliphatic heterocycles. The molecule has 0 spiro atoms. The topological polar surface area (TPSA) is 12.0 Å². The minimum absolute atomic E-state index is 0.751. The molecule has 0 saturated heterocycles. The second kappa shape index (κ2) is 7.26. The van der Waals surface area contributed by atoms with Gasteiger partial charge in [0, 0.05) is 4.88 Å². The zero-order valence-electron chi connectivity index (χ0n) is 9.55. The molecule has 86 valence electrons. The summed E-state index contributed by atoms with van der Waals surface area (Å²) in [6.45, 7) is 6.74. The molecule has 3 heteroatoms. The zero-order chi connectivity index (χ0) is 11.1. The highest BCUT2D eigenvalue weighted by molar-refractivity contribution is 7.16. The summed E-state index contributed by atoms with van der Waals surface area (Å²) in [5, 5.41) is 3.45. The standard InChI is InChI=1S/C12H20ClNS/c1-10(2)9-14-8-4-3-5-11-6-7-12(13)15-11/h6-7,10,14H,3-5,8-9H2,1-2H3. The second-order valence-corrected chi connectivity index (χ2v) is 6.06. The van der Waals surface area contributed by atoms with Crippen molar-refractivity contribution in [1.29, 1.82) is 0 Å². The molecule has 0 aliphatic carbocycles. The average molecular weight is 246 g/mol. The van der Waals surface area contributed by atoms with Crippen molar-refractivity contribution in [2.24, 2.45) is 5.92 Å². The Kier molecular flexibility index (Phi) is 6.30. The van der Waals surface area contributed by atoms with E-state index in [1.807, 2.05) is 6.07 Å². The lowest BCUT2D eigenvalue weighted by molar-refractivity contribution is 0.536. The molecule has 0 aliphatic rings. The van der Waals surface area contributed by atoms with Crippen LogP contribution in [0, 0.1) is 5.92 Å². The van der Waals surface area contributed by atoms with E-state index in [4.69, 9.17) is 11.6 Å². The molecule has 0 fully saturated rings. The number of nitrogens with one attached hydrogen (secondary N) is 1. The summed E-state index contributed by atoms with van der Waals surface area (Å²) in [4.78, 5) is 1.41. The van der Waals surface area contributed by atoms with Gasteiger partial charge in [-0.15, -0.1) is 11.3 Å². The maximum atomic E-state index is 5.86. The summed E-state index contributed by atoms with van der Waals surface area (Å²) in [6.07, 6.45) is 3.67. The van der Waals surface area contributed by atoms with E-state index in [1.165, 1.54) is 24.1 Å². The van der Waals surface area contributed by atoms with Gasteiger partial charge in [0.1, 0.15) is 0 Å². The van der Waals surface area contributed by atoms with Gasteiger partial charge in [0.2, 0.25) is 0 Å². The molecule has 1 rings (SSSR count). The van der Waals surface area contributed by atoms with Crippen molar-refractivity contribution < 1.29 is 0 Å². The predicted octanol–water partition coefficient (Wildman–Crippen LogP) is 3.97. The van der Waals surface area contributed by atoms with Crippen LogP contribution < -0.4 is 5.32 Å². The molecule has 1 aromatic rings. The van der Waals surface area contributed by atoms with Gasteiger partial charge in [-0.05, 0) is 50.4 Å². The van der Waals surface area contributed by atoms with Crippen LogP contribution in [0.2, 0.25) is 4.34 Å². The highest BCUT2D eigenvalue weighted by Gasteiger charge is 1.98. The first-order valence-corrected chi connectivity index (χ1v) is 6.83. The van der Waals surface area contributed by atoms with E-state index in [9.17, 15) is 0 Å². The molecule has 15 heavy (non-hydrogen) atoms. The average Bonchev–Trinajstić information content (AvgIpc) is 2.57. The number of halogens is 1. The van der Waals surface area contributed by atoms with Gasteiger partial charge < -0.3 is 5.32 Å². The Bertz CT molecular complexity index is 270. The van der Waals surface area contributed by atoms with Crippen molar-refractivity contribution in [3.8, 4) is 0 Å². The maximum absolute atomic E-state index is 5.86. The molecule has 0 bridgehead atoms. The molecular formula is C12H20ClNS. The molecule has 0 atom stereocenters. The molecule has 0 radical (unpaired) electrons. The van der Waals surface area contributed by atoms with E-state index in [1.54, 1.807) is 11.3 Å². The fourth-order valence-electron chi connectivity index (χ4n) is 1.43. The first-order valence-electron chi connectivity index (χ1n) is 5.63. The maximum Gasteiger partial charge on any atom is 0.0931 e. The number of hydrogen-bond donors (Lipinski definition) is 1. The number of aryl methyl sites for hydroxylation is 1. The second-order valence-electron chi connectivity index (χ2n) is 4.26. The molecule has 0 unspecified atom stereocenters. The van der Waals surface area contributed by atoms with Gasteiger partial charge in [0.05, 0.1) is 4.34 Å². The smallest absolute Gasteiger partial charge is 0.0931 e. The minimum Gasteiger partial charge on any atom is -0.316 e. The molecule has 1 aromatic heterocycles. The van der Waals surface area contributed by atoms with Crippen LogP contribution in [0.3, 0.4) is 0 Å². The lowest BCUT2D eigenvalue weighted by Gasteiger charge is -2.06. The van der Waals surface area contributed by atoms with Crippen molar-refractivity contribution in [3.63, 3.8) is 0 Å². The van der Waals surface area contributed by atoms with E-state index in [2.05, 4.69) is 25.2 Å². The van der Waals surface area contributed by atoms with Gasteiger partial charge in [-0.25, -0.2) is 0 Å². The number of rotatable bonds is 7. The van der Waals surface area contributed by atoms with Crippen LogP contribution in [-0.4, -0.2) is 13.1 Å². The van der Waals surface area contributed by atoms with Gasteiger partial charge in [0.25, 0.3) is 0 Å². The van der Waals surface area contributed by atoms with E-state index >= 15 is 0 Å². The van der Waals surface area contributed by atoms with Gasteiger partial charge in [-0.2, -0.15) is 0 Å². The van der Waals surface area contributed by atoms with E-state index in [0.29, 0.717) is 0 Å². The number of unbranched alkanes of at least 4 members (excludes halogenated alkanes) is 1. The molecule has 0 aromatic carbocycles. The van der Waals surface area contributed by atoms with E-state index < -0.39 is 0 Å². The van der Waals surface area contributed by atoms with Gasteiger partial charge in [0.15, 0.2) is 0 Å². The summed E-state index contributed by atoms with van der Waals surface area (Å²) in [5.41, 5.74) is 0. The Morgan fingerprint density at radius 2 is 2.13 bits per heavy atom. The van der Waals surface area contributed by atoms with Crippen LogP contribution in [0.5, 0.6) is 0 Å². The van der Waals surface area contributed by atoms with Crippen LogP contribution >= 0.6 is 22.9 Å². The monoisotopic (exact) mass is 245 g/mol. The summed E-state index contributed by atoms with van der Waals surface area (Å²) in [5.74, 6) is 0.751. The first kappa shape index (κ1) is 13.0. The van der Waals surface area contributed by atoms with Gasteiger partial charge >= 0.3 is 0 Å². The largest absolute Gasteiger partial charge is 0.316 e. The van der Waals surface area contributed by atoms with Crippen molar-refractivity contribution in [3.05, 3.63) is 21.3 Å². The Morgan fingerprint density at radius 1 is 1.33 bits per heavy atom. The third-order valence-electron chi connectivity index (χ3n) is 2.21. The predicted molar refractivity (Wildman–Crippen MR) is 70.0 cm³/mol. The summed E-state index contributed by atoms with van der Waals surface area (Å²) in [7, 11) is 0. The normalized spacial score (nSPS) is 11.2.